The normalized spacial score (nSPS) is 22.6. The van der Waals surface area contributed by atoms with Crippen molar-refractivity contribution in [2.75, 3.05) is 18.0 Å². The molecule has 1 aliphatic carbocycles. The van der Waals surface area contributed by atoms with Crippen LogP contribution in [0.5, 0.6) is 0 Å². The minimum absolute atomic E-state index is 0.0351. The number of anilines is 1. The molecule has 4 nitrogen and oxygen atoms in total. The maximum absolute atomic E-state index is 10.8. The standard InChI is InChI=1S/C15H21NO3/c17-14(18)12-4-5-13(19-12)16-10-8-15(9-11-16)6-2-1-3-7-15/h4-5H,1-3,6-11H2,(H,17,18). The van der Waals surface area contributed by atoms with Crippen molar-refractivity contribution >= 4 is 11.9 Å². The number of furan rings is 1. The summed E-state index contributed by atoms with van der Waals surface area (Å²) in [7, 11) is 0. The van der Waals surface area contributed by atoms with Gasteiger partial charge in [-0.15, -0.1) is 0 Å². The van der Waals surface area contributed by atoms with E-state index in [1.54, 1.807) is 12.1 Å². The van der Waals surface area contributed by atoms with E-state index in [1.807, 2.05) is 0 Å². The summed E-state index contributed by atoms with van der Waals surface area (Å²) in [5, 5.41) is 8.88. The van der Waals surface area contributed by atoms with E-state index in [1.165, 1.54) is 44.9 Å². The largest absolute Gasteiger partial charge is 0.475 e. The maximum Gasteiger partial charge on any atom is 0.371 e. The number of piperidine rings is 1. The van der Waals surface area contributed by atoms with Crippen LogP contribution in [0.25, 0.3) is 0 Å². The fourth-order valence-electron chi connectivity index (χ4n) is 3.62. The Morgan fingerprint density at radius 3 is 2.37 bits per heavy atom. The van der Waals surface area contributed by atoms with Gasteiger partial charge >= 0.3 is 5.97 Å². The zero-order chi connectivity index (χ0) is 13.3. The molecule has 2 fully saturated rings. The Morgan fingerprint density at radius 2 is 1.79 bits per heavy atom. The molecule has 1 saturated heterocycles. The maximum atomic E-state index is 10.8. The summed E-state index contributed by atoms with van der Waals surface area (Å²) < 4.78 is 5.39. The molecule has 0 aromatic carbocycles. The Hall–Kier alpha value is -1.45. The number of carboxylic acid groups (broad SMARTS) is 1. The second-order valence-electron chi connectivity index (χ2n) is 5.99. The van der Waals surface area contributed by atoms with Gasteiger partial charge in [-0.2, -0.15) is 0 Å². The minimum atomic E-state index is -0.994. The molecule has 1 aliphatic heterocycles. The lowest BCUT2D eigenvalue weighted by molar-refractivity contribution is 0.0662. The Morgan fingerprint density at radius 1 is 1.11 bits per heavy atom. The van der Waals surface area contributed by atoms with Gasteiger partial charge in [-0.3, -0.25) is 0 Å². The molecule has 2 aliphatic rings. The van der Waals surface area contributed by atoms with E-state index < -0.39 is 5.97 Å². The van der Waals surface area contributed by atoms with Crippen molar-refractivity contribution in [3.63, 3.8) is 0 Å². The molecule has 0 amide bonds. The van der Waals surface area contributed by atoms with Crippen LogP contribution >= 0.6 is 0 Å². The number of hydrogen-bond acceptors (Lipinski definition) is 3. The summed E-state index contributed by atoms with van der Waals surface area (Å²) in [5.41, 5.74) is 0.566. The van der Waals surface area contributed by atoms with Crippen molar-refractivity contribution in [3.8, 4) is 0 Å². The van der Waals surface area contributed by atoms with Gasteiger partial charge in [0.25, 0.3) is 0 Å². The molecule has 4 heteroatoms. The van der Waals surface area contributed by atoms with Crippen molar-refractivity contribution in [3.05, 3.63) is 17.9 Å². The number of nitrogens with zero attached hydrogens (tertiary/aromatic N) is 1. The fraction of sp³-hybridized carbons (Fsp3) is 0.667. The summed E-state index contributed by atoms with van der Waals surface area (Å²) in [6.07, 6.45) is 9.34. The first-order valence-electron chi connectivity index (χ1n) is 7.27. The average molecular weight is 263 g/mol. The first-order valence-corrected chi connectivity index (χ1v) is 7.27. The second-order valence-corrected chi connectivity index (χ2v) is 5.99. The third-order valence-corrected chi connectivity index (χ3v) is 4.85. The fourth-order valence-corrected chi connectivity index (χ4v) is 3.62. The molecule has 0 bridgehead atoms. The molecule has 1 aromatic rings. The van der Waals surface area contributed by atoms with Crippen LogP contribution in [0.1, 0.15) is 55.5 Å². The van der Waals surface area contributed by atoms with E-state index in [9.17, 15) is 4.79 Å². The highest BCUT2D eigenvalue weighted by Gasteiger charge is 2.36. The van der Waals surface area contributed by atoms with E-state index in [-0.39, 0.29) is 5.76 Å². The predicted molar refractivity (Wildman–Crippen MR) is 72.6 cm³/mol. The quantitative estimate of drug-likeness (QED) is 0.886. The van der Waals surface area contributed by atoms with Crippen molar-refractivity contribution in [1.82, 2.24) is 0 Å². The second kappa shape index (κ2) is 4.91. The van der Waals surface area contributed by atoms with Crippen LogP contribution in [0, 0.1) is 5.41 Å². The molecule has 19 heavy (non-hydrogen) atoms. The van der Waals surface area contributed by atoms with Crippen molar-refractivity contribution in [1.29, 1.82) is 0 Å². The predicted octanol–water partition coefficient (Wildman–Crippen LogP) is 3.53. The number of hydrogen-bond donors (Lipinski definition) is 1. The number of carboxylic acids is 1. The topological polar surface area (TPSA) is 53.7 Å². The Kier molecular flexibility index (Phi) is 3.25. The molecule has 2 heterocycles. The zero-order valence-electron chi connectivity index (χ0n) is 11.2. The lowest BCUT2D eigenvalue weighted by atomic mass is 9.68. The third-order valence-electron chi connectivity index (χ3n) is 4.85. The molecule has 1 aromatic heterocycles. The van der Waals surface area contributed by atoms with Crippen LogP contribution in [-0.4, -0.2) is 24.2 Å². The van der Waals surface area contributed by atoms with Crippen LogP contribution in [0.4, 0.5) is 5.88 Å². The first kappa shape index (κ1) is 12.6. The van der Waals surface area contributed by atoms with Crippen LogP contribution in [0.3, 0.4) is 0 Å². The van der Waals surface area contributed by atoms with Crippen LogP contribution < -0.4 is 4.90 Å². The van der Waals surface area contributed by atoms with E-state index in [0.29, 0.717) is 11.3 Å². The van der Waals surface area contributed by atoms with Gasteiger partial charge in [0.2, 0.25) is 5.76 Å². The summed E-state index contributed by atoms with van der Waals surface area (Å²) in [5.74, 6) is -0.247. The third kappa shape index (κ3) is 2.48. The van der Waals surface area contributed by atoms with E-state index >= 15 is 0 Å². The molecule has 104 valence electrons. The summed E-state index contributed by atoms with van der Waals surface area (Å²) in [6.45, 7) is 1.99. The lowest BCUT2D eigenvalue weighted by Gasteiger charge is -2.44. The molecule has 0 atom stereocenters. The van der Waals surface area contributed by atoms with Gasteiger partial charge in [-0.25, -0.2) is 4.79 Å². The van der Waals surface area contributed by atoms with E-state index in [4.69, 9.17) is 9.52 Å². The Balaban J connectivity index is 1.64. The van der Waals surface area contributed by atoms with Gasteiger partial charge < -0.3 is 14.4 Å². The van der Waals surface area contributed by atoms with Gasteiger partial charge in [0.15, 0.2) is 5.88 Å². The molecule has 0 unspecified atom stereocenters. The highest BCUT2D eigenvalue weighted by Crippen LogP contribution is 2.45. The lowest BCUT2D eigenvalue weighted by Crippen LogP contribution is -2.41. The summed E-state index contributed by atoms with van der Waals surface area (Å²) in [6, 6.07) is 3.32. The van der Waals surface area contributed by atoms with E-state index in [2.05, 4.69) is 4.90 Å². The summed E-state index contributed by atoms with van der Waals surface area (Å²) in [4.78, 5) is 13.0. The van der Waals surface area contributed by atoms with E-state index in [0.717, 1.165) is 13.1 Å². The summed E-state index contributed by atoms with van der Waals surface area (Å²) >= 11 is 0. The SMILES string of the molecule is O=C(O)c1ccc(N2CCC3(CCCCC3)CC2)o1. The monoisotopic (exact) mass is 263 g/mol. The highest BCUT2D eigenvalue weighted by molar-refractivity contribution is 5.84. The molecule has 0 radical (unpaired) electrons. The molecule has 1 N–H and O–H groups in total. The van der Waals surface area contributed by atoms with Gasteiger partial charge in [0.05, 0.1) is 0 Å². The number of aromatic carboxylic acids is 1. The molecule has 1 spiro atoms. The van der Waals surface area contributed by atoms with Gasteiger partial charge in [-0.05, 0) is 37.2 Å². The van der Waals surface area contributed by atoms with Crippen LogP contribution in [0.15, 0.2) is 16.5 Å². The molecule has 3 rings (SSSR count). The number of rotatable bonds is 2. The smallest absolute Gasteiger partial charge is 0.371 e. The van der Waals surface area contributed by atoms with Crippen molar-refractivity contribution < 1.29 is 14.3 Å². The minimum Gasteiger partial charge on any atom is -0.475 e. The first-order chi connectivity index (χ1) is 9.19. The van der Waals surface area contributed by atoms with Gasteiger partial charge in [-0.1, -0.05) is 19.3 Å². The van der Waals surface area contributed by atoms with Gasteiger partial charge in [0.1, 0.15) is 0 Å². The highest BCUT2D eigenvalue weighted by atomic mass is 16.4. The van der Waals surface area contributed by atoms with Crippen molar-refractivity contribution in [2.45, 2.75) is 44.9 Å². The Labute approximate surface area is 113 Å². The number of carbonyl (C=O) groups is 1. The average Bonchev–Trinajstić information content (AvgIpc) is 2.90. The van der Waals surface area contributed by atoms with Crippen molar-refractivity contribution in [2.24, 2.45) is 5.41 Å². The van der Waals surface area contributed by atoms with Gasteiger partial charge in [0, 0.05) is 19.2 Å². The Bertz CT molecular complexity index is 450. The zero-order valence-corrected chi connectivity index (χ0v) is 11.2. The molecular weight excluding hydrogens is 242 g/mol. The van der Waals surface area contributed by atoms with Crippen LogP contribution in [-0.2, 0) is 0 Å². The molecule has 1 saturated carbocycles. The van der Waals surface area contributed by atoms with Crippen LogP contribution in [0.2, 0.25) is 0 Å². The molecular formula is C15H21NO3.